The number of aliphatic hydroxyl groups excluding tert-OH is 4. The summed E-state index contributed by atoms with van der Waals surface area (Å²) >= 11 is 0. The van der Waals surface area contributed by atoms with Crippen LogP contribution in [-0.4, -0.2) is 85.9 Å². The Balaban J connectivity index is 0.000000409. The number of aliphatic hydroxyl groups is 4. The molecule has 0 aromatic rings. The minimum absolute atomic E-state index is 0.0231. The van der Waals surface area contributed by atoms with Gasteiger partial charge in [-0.1, -0.05) is 0 Å². The summed E-state index contributed by atoms with van der Waals surface area (Å²) in [6.45, 7) is -0.470. The fraction of sp³-hybridized carbons (Fsp3) is 0.818. The molecule has 0 aromatic carbocycles. The van der Waals surface area contributed by atoms with Crippen molar-refractivity contribution in [3.8, 4) is 0 Å². The SMILES string of the molecule is NC(CCC(=O)O)C(=O)O.N[C@H]1C(O)O[C@H](CO)[C@@H](O)[C@@H]1O. The van der Waals surface area contributed by atoms with E-state index in [1.807, 2.05) is 0 Å². The summed E-state index contributed by atoms with van der Waals surface area (Å²) < 4.78 is 4.70. The van der Waals surface area contributed by atoms with Gasteiger partial charge in [0.2, 0.25) is 0 Å². The summed E-state index contributed by atoms with van der Waals surface area (Å²) in [5, 5.41) is 52.3. The van der Waals surface area contributed by atoms with Crippen LogP contribution in [0.4, 0.5) is 0 Å². The van der Waals surface area contributed by atoms with Crippen LogP contribution in [0.25, 0.3) is 0 Å². The maximum Gasteiger partial charge on any atom is 0.320 e. The maximum absolute atomic E-state index is 9.99. The standard InChI is InChI=1S/C6H13NO5.C5H9NO4/c7-3-5(10)4(9)2(1-8)12-6(3)11;6-3(5(9)10)1-2-4(7)8/h2-6,8-11H,1,7H2;3H,1-2,6H2,(H,7,8)(H,9,10)/t2-,3-,4-,5-,6?;/m1./s1. The van der Waals surface area contributed by atoms with Crippen LogP contribution in [0.15, 0.2) is 0 Å². The lowest BCUT2D eigenvalue weighted by molar-refractivity contribution is -0.248. The quantitative estimate of drug-likeness (QED) is 0.243. The van der Waals surface area contributed by atoms with Crippen molar-refractivity contribution in [2.45, 2.75) is 49.5 Å². The first kappa shape index (κ1) is 20.7. The lowest BCUT2D eigenvalue weighted by atomic mass is 9.98. The highest BCUT2D eigenvalue weighted by Gasteiger charge is 2.41. The van der Waals surface area contributed by atoms with E-state index in [1.54, 1.807) is 0 Å². The van der Waals surface area contributed by atoms with E-state index >= 15 is 0 Å². The zero-order chi connectivity index (χ0) is 17.4. The summed E-state index contributed by atoms with van der Waals surface area (Å²) in [5.74, 6) is -2.20. The molecule has 0 amide bonds. The van der Waals surface area contributed by atoms with Crippen LogP contribution >= 0.6 is 0 Å². The molecule has 130 valence electrons. The summed E-state index contributed by atoms with van der Waals surface area (Å²) in [4.78, 5) is 19.9. The Morgan fingerprint density at radius 1 is 1.14 bits per heavy atom. The minimum Gasteiger partial charge on any atom is -0.481 e. The van der Waals surface area contributed by atoms with Gasteiger partial charge >= 0.3 is 11.9 Å². The Labute approximate surface area is 125 Å². The highest BCUT2D eigenvalue weighted by molar-refractivity contribution is 5.74. The Morgan fingerprint density at radius 2 is 1.68 bits per heavy atom. The van der Waals surface area contributed by atoms with Gasteiger partial charge in [-0.25, -0.2) is 0 Å². The van der Waals surface area contributed by atoms with Crippen LogP contribution < -0.4 is 11.5 Å². The van der Waals surface area contributed by atoms with Gasteiger partial charge in [0.15, 0.2) is 6.29 Å². The fourth-order valence-electron chi connectivity index (χ4n) is 1.52. The lowest BCUT2D eigenvalue weighted by Gasteiger charge is -2.38. The summed E-state index contributed by atoms with van der Waals surface area (Å²) in [5.41, 5.74) is 10.3. The largest absolute Gasteiger partial charge is 0.481 e. The van der Waals surface area contributed by atoms with Gasteiger partial charge in [-0.05, 0) is 6.42 Å². The number of rotatable bonds is 5. The molecule has 1 fully saturated rings. The predicted molar refractivity (Wildman–Crippen MR) is 70.4 cm³/mol. The van der Waals surface area contributed by atoms with E-state index in [4.69, 9.17) is 36.6 Å². The molecule has 0 aliphatic carbocycles. The van der Waals surface area contributed by atoms with Crippen molar-refractivity contribution >= 4 is 11.9 Å². The van der Waals surface area contributed by atoms with Gasteiger partial charge in [-0.15, -0.1) is 0 Å². The molecule has 0 aromatic heterocycles. The third kappa shape index (κ3) is 6.62. The van der Waals surface area contributed by atoms with Gasteiger partial charge in [0.25, 0.3) is 0 Å². The monoisotopic (exact) mass is 326 g/mol. The molecular formula is C11H22N2O9. The molecule has 1 heterocycles. The first-order valence-electron chi connectivity index (χ1n) is 6.38. The van der Waals surface area contributed by atoms with Gasteiger partial charge in [0.05, 0.1) is 12.6 Å². The Kier molecular flexibility index (Phi) is 9.04. The van der Waals surface area contributed by atoms with Crippen LogP contribution in [0.1, 0.15) is 12.8 Å². The van der Waals surface area contributed by atoms with Crippen molar-refractivity contribution < 1.29 is 45.0 Å². The molecular weight excluding hydrogens is 304 g/mol. The van der Waals surface area contributed by atoms with Crippen LogP contribution in [-0.2, 0) is 14.3 Å². The molecule has 0 radical (unpaired) electrons. The topological polar surface area (TPSA) is 217 Å². The van der Waals surface area contributed by atoms with Crippen LogP contribution in [0.5, 0.6) is 0 Å². The van der Waals surface area contributed by atoms with Crippen LogP contribution in [0, 0.1) is 0 Å². The molecule has 11 heteroatoms. The Hall–Kier alpha value is -1.34. The normalized spacial score (nSPS) is 32.5. The minimum atomic E-state index is -1.35. The van der Waals surface area contributed by atoms with E-state index in [-0.39, 0.29) is 12.8 Å². The van der Waals surface area contributed by atoms with Crippen molar-refractivity contribution in [3.63, 3.8) is 0 Å². The predicted octanol–water partition coefficient (Wildman–Crippen LogP) is -3.99. The molecule has 1 aliphatic heterocycles. The third-order valence-electron chi connectivity index (χ3n) is 2.94. The molecule has 0 saturated carbocycles. The van der Waals surface area contributed by atoms with Crippen molar-refractivity contribution in [1.82, 2.24) is 0 Å². The van der Waals surface area contributed by atoms with Crippen LogP contribution in [0.2, 0.25) is 0 Å². The number of carboxylic acids is 2. The maximum atomic E-state index is 9.99. The van der Waals surface area contributed by atoms with Crippen molar-refractivity contribution in [2.24, 2.45) is 11.5 Å². The fourth-order valence-corrected chi connectivity index (χ4v) is 1.52. The van der Waals surface area contributed by atoms with E-state index in [9.17, 15) is 19.8 Å². The molecule has 1 aliphatic rings. The molecule has 11 nitrogen and oxygen atoms in total. The van der Waals surface area contributed by atoms with Gasteiger partial charge in [-0.3, -0.25) is 9.59 Å². The summed E-state index contributed by atoms with van der Waals surface area (Å²) in [7, 11) is 0. The van der Waals surface area contributed by atoms with E-state index in [2.05, 4.69) is 0 Å². The number of ether oxygens (including phenoxy) is 1. The average Bonchev–Trinajstić information content (AvgIpc) is 2.46. The smallest absolute Gasteiger partial charge is 0.320 e. The van der Waals surface area contributed by atoms with Gasteiger partial charge in [0, 0.05) is 6.42 Å². The molecule has 0 spiro atoms. The molecule has 0 bridgehead atoms. The number of aliphatic carboxylic acids is 2. The highest BCUT2D eigenvalue weighted by atomic mass is 16.6. The van der Waals surface area contributed by atoms with Crippen molar-refractivity contribution in [3.05, 3.63) is 0 Å². The zero-order valence-corrected chi connectivity index (χ0v) is 11.6. The number of nitrogens with two attached hydrogens (primary N) is 2. The second kappa shape index (κ2) is 9.63. The third-order valence-corrected chi connectivity index (χ3v) is 2.94. The zero-order valence-electron chi connectivity index (χ0n) is 11.6. The molecule has 2 unspecified atom stereocenters. The molecule has 10 N–H and O–H groups in total. The van der Waals surface area contributed by atoms with E-state index < -0.39 is 55.2 Å². The number of carbonyl (C=O) groups is 2. The van der Waals surface area contributed by atoms with Gasteiger partial charge in [0.1, 0.15) is 24.4 Å². The highest BCUT2D eigenvalue weighted by Crippen LogP contribution is 2.17. The Bertz CT molecular complexity index is 363. The Morgan fingerprint density at radius 3 is 2.09 bits per heavy atom. The van der Waals surface area contributed by atoms with Crippen molar-refractivity contribution in [2.75, 3.05) is 6.61 Å². The first-order valence-corrected chi connectivity index (χ1v) is 6.38. The summed E-state index contributed by atoms with van der Waals surface area (Å²) in [6.07, 6.45) is -5.08. The molecule has 1 saturated heterocycles. The summed E-state index contributed by atoms with van der Waals surface area (Å²) in [6, 6.07) is -2.10. The molecule has 6 atom stereocenters. The second-order valence-electron chi connectivity index (χ2n) is 4.68. The van der Waals surface area contributed by atoms with E-state index in [0.717, 1.165) is 0 Å². The molecule has 22 heavy (non-hydrogen) atoms. The molecule has 1 rings (SSSR count). The second-order valence-corrected chi connectivity index (χ2v) is 4.68. The number of hydrogen-bond donors (Lipinski definition) is 8. The number of carboxylic acid groups (broad SMARTS) is 2. The van der Waals surface area contributed by atoms with Crippen LogP contribution in [0.3, 0.4) is 0 Å². The van der Waals surface area contributed by atoms with E-state index in [1.165, 1.54) is 0 Å². The lowest BCUT2D eigenvalue weighted by Crippen LogP contribution is -2.61. The average molecular weight is 326 g/mol. The first-order chi connectivity index (χ1) is 10.1. The van der Waals surface area contributed by atoms with Gasteiger partial charge in [-0.2, -0.15) is 0 Å². The van der Waals surface area contributed by atoms with E-state index in [0.29, 0.717) is 0 Å². The van der Waals surface area contributed by atoms with Crippen molar-refractivity contribution in [1.29, 1.82) is 0 Å². The van der Waals surface area contributed by atoms with Gasteiger partial charge < -0.3 is 46.8 Å². The number of hydrogen-bond acceptors (Lipinski definition) is 9.